The number of alkyl halides is 3. The molecule has 4 nitrogen and oxygen atoms in total. The lowest BCUT2D eigenvalue weighted by Crippen LogP contribution is -2.14. The summed E-state index contributed by atoms with van der Waals surface area (Å²) in [5.74, 6) is 1.15. The van der Waals surface area contributed by atoms with Crippen molar-refractivity contribution >= 4 is 22.7 Å². The van der Waals surface area contributed by atoms with Gasteiger partial charge in [-0.2, -0.15) is 18.2 Å². The minimum absolute atomic E-state index is 0.180. The largest absolute Gasteiger partial charge is 0.416 e. The van der Waals surface area contributed by atoms with Crippen molar-refractivity contribution < 1.29 is 13.2 Å². The average molecular weight is 360 g/mol. The van der Waals surface area contributed by atoms with Crippen LogP contribution in [-0.2, 0) is 12.7 Å². The molecule has 136 valence electrons. The van der Waals surface area contributed by atoms with Crippen LogP contribution in [0.5, 0.6) is 0 Å². The number of para-hydroxylation sites is 1. The third-order valence-corrected chi connectivity index (χ3v) is 3.76. The van der Waals surface area contributed by atoms with E-state index in [0.717, 1.165) is 28.6 Å². The second-order valence-electron chi connectivity index (χ2n) is 6.26. The van der Waals surface area contributed by atoms with E-state index in [1.807, 2.05) is 38.1 Å². The van der Waals surface area contributed by atoms with Crippen LogP contribution >= 0.6 is 0 Å². The first-order chi connectivity index (χ1) is 12.3. The quantitative estimate of drug-likeness (QED) is 0.666. The van der Waals surface area contributed by atoms with Gasteiger partial charge in [0.2, 0.25) is 5.95 Å². The number of aromatic nitrogens is 2. The van der Waals surface area contributed by atoms with Gasteiger partial charge in [-0.15, -0.1) is 0 Å². The molecule has 0 radical (unpaired) electrons. The predicted molar refractivity (Wildman–Crippen MR) is 97.1 cm³/mol. The van der Waals surface area contributed by atoms with Crippen molar-refractivity contribution in [2.75, 3.05) is 10.6 Å². The number of anilines is 2. The molecule has 2 aromatic carbocycles. The van der Waals surface area contributed by atoms with Gasteiger partial charge in [-0.05, 0) is 43.7 Å². The maximum absolute atomic E-state index is 12.7. The molecule has 0 saturated heterocycles. The summed E-state index contributed by atoms with van der Waals surface area (Å²) in [6, 6.07) is 12.9. The topological polar surface area (TPSA) is 49.8 Å². The Morgan fingerprint density at radius 3 is 2.31 bits per heavy atom. The normalized spacial score (nSPS) is 11.8. The Morgan fingerprint density at radius 1 is 0.962 bits per heavy atom. The smallest absolute Gasteiger partial charge is 0.365 e. The van der Waals surface area contributed by atoms with E-state index in [0.29, 0.717) is 18.3 Å². The van der Waals surface area contributed by atoms with Crippen molar-refractivity contribution in [2.45, 2.75) is 32.6 Å². The highest BCUT2D eigenvalue weighted by Gasteiger charge is 2.29. The molecule has 0 aliphatic carbocycles. The molecular weight excluding hydrogens is 341 g/mol. The van der Waals surface area contributed by atoms with Crippen molar-refractivity contribution in [3.8, 4) is 0 Å². The highest BCUT2D eigenvalue weighted by molar-refractivity contribution is 5.90. The SMILES string of the molecule is CC(C)Nc1nc(NCc2ccc(C(F)(F)F)cc2)c2ccccc2n1. The van der Waals surface area contributed by atoms with Crippen LogP contribution in [0.4, 0.5) is 24.9 Å². The third-order valence-electron chi connectivity index (χ3n) is 3.76. The van der Waals surface area contributed by atoms with Crippen LogP contribution in [0, 0.1) is 0 Å². The van der Waals surface area contributed by atoms with E-state index in [4.69, 9.17) is 0 Å². The number of benzene rings is 2. The average Bonchev–Trinajstić information content (AvgIpc) is 2.58. The van der Waals surface area contributed by atoms with Gasteiger partial charge in [0.1, 0.15) is 5.82 Å². The number of rotatable bonds is 5. The fourth-order valence-electron chi connectivity index (χ4n) is 2.53. The Hall–Kier alpha value is -2.83. The number of fused-ring (bicyclic) bond motifs is 1. The summed E-state index contributed by atoms with van der Waals surface area (Å²) in [6.07, 6.45) is -4.33. The van der Waals surface area contributed by atoms with Crippen molar-refractivity contribution in [1.29, 1.82) is 0 Å². The highest BCUT2D eigenvalue weighted by Crippen LogP contribution is 2.29. The first kappa shape index (κ1) is 18.0. The van der Waals surface area contributed by atoms with E-state index in [-0.39, 0.29) is 6.04 Å². The molecule has 0 aliphatic rings. The molecule has 2 N–H and O–H groups in total. The van der Waals surface area contributed by atoms with E-state index in [1.54, 1.807) is 0 Å². The molecule has 26 heavy (non-hydrogen) atoms. The fraction of sp³-hybridized carbons (Fsp3) is 0.263. The van der Waals surface area contributed by atoms with Gasteiger partial charge in [0.25, 0.3) is 0 Å². The third kappa shape index (κ3) is 4.22. The summed E-state index contributed by atoms with van der Waals surface area (Å²) in [5, 5.41) is 7.23. The molecule has 0 aliphatic heterocycles. The molecule has 3 aromatic rings. The Bertz CT molecular complexity index is 889. The van der Waals surface area contributed by atoms with Gasteiger partial charge in [-0.1, -0.05) is 24.3 Å². The van der Waals surface area contributed by atoms with Crippen molar-refractivity contribution in [1.82, 2.24) is 9.97 Å². The lowest BCUT2D eigenvalue weighted by molar-refractivity contribution is -0.137. The summed E-state index contributed by atoms with van der Waals surface area (Å²) in [4.78, 5) is 8.98. The summed E-state index contributed by atoms with van der Waals surface area (Å²) in [5.41, 5.74) is 0.872. The number of nitrogens with zero attached hydrogens (tertiary/aromatic N) is 2. The Balaban J connectivity index is 1.83. The first-order valence-corrected chi connectivity index (χ1v) is 8.26. The summed E-state index contributed by atoms with van der Waals surface area (Å²) in [7, 11) is 0. The van der Waals surface area contributed by atoms with Gasteiger partial charge in [-0.25, -0.2) is 4.98 Å². The monoisotopic (exact) mass is 360 g/mol. The first-order valence-electron chi connectivity index (χ1n) is 8.26. The second kappa shape index (κ2) is 7.19. The molecule has 0 saturated carbocycles. The number of hydrogen-bond donors (Lipinski definition) is 2. The number of hydrogen-bond acceptors (Lipinski definition) is 4. The Kier molecular flexibility index (Phi) is 4.97. The molecule has 0 fully saturated rings. The van der Waals surface area contributed by atoms with Crippen LogP contribution in [0.15, 0.2) is 48.5 Å². The number of nitrogens with one attached hydrogen (secondary N) is 2. The maximum Gasteiger partial charge on any atom is 0.416 e. The summed E-state index contributed by atoms with van der Waals surface area (Å²) in [6.45, 7) is 4.35. The van der Waals surface area contributed by atoms with Gasteiger partial charge in [0.05, 0.1) is 11.1 Å². The van der Waals surface area contributed by atoms with Crippen LogP contribution in [0.1, 0.15) is 25.0 Å². The van der Waals surface area contributed by atoms with Gasteiger partial charge in [0, 0.05) is 18.0 Å². The van der Waals surface area contributed by atoms with E-state index < -0.39 is 11.7 Å². The van der Waals surface area contributed by atoms with Crippen molar-refractivity contribution in [3.05, 3.63) is 59.7 Å². The predicted octanol–water partition coefficient (Wildman–Crippen LogP) is 5.08. The highest BCUT2D eigenvalue weighted by atomic mass is 19.4. The van der Waals surface area contributed by atoms with Crippen molar-refractivity contribution in [2.24, 2.45) is 0 Å². The lowest BCUT2D eigenvalue weighted by atomic mass is 10.1. The molecule has 0 bridgehead atoms. The van der Waals surface area contributed by atoms with Crippen LogP contribution < -0.4 is 10.6 Å². The molecule has 3 rings (SSSR count). The Morgan fingerprint density at radius 2 is 1.65 bits per heavy atom. The molecule has 7 heteroatoms. The van der Waals surface area contributed by atoms with Gasteiger partial charge < -0.3 is 10.6 Å². The van der Waals surface area contributed by atoms with E-state index in [9.17, 15) is 13.2 Å². The molecule has 0 amide bonds. The fourth-order valence-corrected chi connectivity index (χ4v) is 2.53. The van der Waals surface area contributed by atoms with Gasteiger partial charge in [-0.3, -0.25) is 0 Å². The minimum atomic E-state index is -4.33. The van der Waals surface area contributed by atoms with Crippen molar-refractivity contribution in [3.63, 3.8) is 0 Å². The molecular formula is C19H19F3N4. The van der Waals surface area contributed by atoms with Crippen LogP contribution in [-0.4, -0.2) is 16.0 Å². The summed E-state index contributed by atoms with van der Waals surface area (Å²) >= 11 is 0. The molecule has 1 aromatic heterocycles. The van der Waals surface area contributed by atoms with Gasteiger partial charge >= 0.3 is 6.18 Å². The zero-order valence-electron chi connectivity index (χ0n) is 14.4. The number of halogens is 3. The van der Waals surface area contributed by atoms with E-state index in [1.165, 1.54) is 12.1 Å². The molecule has 1 heterocycles. The van der Waals surface area contributed by atoms with E-state index >= 15 is 0 Å². The van der Waals surface area contributed by atoms with Crippen LogP contribution in [0.3, 0.4) is 0 Å². The minimum Gasteiger partial charge on any atom is -0.365 e. The van der Waals surface area contributed by atoms with Gasteiger partial charge in [0.15, 0.2) is 0 Å². The zero-order chi connectivity index (χ0) is 18.7. The zero-order valence-corrected chi connectivity index (χ0v) is 14.4. The maximum atomic E-state index is 12.7. The van der Waals surface area contributed by atoms with Crippen LogP contribution in [0.2, 0.25) is 0 Å². The second-order valence-corrected chi connectivity index (χ2v) is 6.26. The standard InChI is InChI=1S/C19H19F3N4/c1-12(2)24-18-25-16-6-4-3-5-15(16)17(26-18)23-11-13-7-9-14(10-8-13)19(20,21)22/h3-10,12H,11H2,1-2H3,(H2,23,24,25,26). The summed E-state index contributed by atoms with van der Waals surface area (Å²) < 4.78 is 38.0. The van der Waals surface area contributed by atoms with E-state index in [2.05, 4.69) is 20.6 Å². The molecule has 0 atom stereocenters. The lowest BCUT2D eigenvalue weighted by Gasteiger charge is -2.14. The molecule has 0 spiro atoms. The Labute approximate surface area is 149 Å². The van der Waals surface area contributed by atoms with Crippen LogP contribution in [0.25, 0.3) is 10.9 Å². The molecule has 0 unspecified atom stereocenters.